The minimum atomic E-state index is 0.316. The predicted octanol–water partition coefficient (Wildman–Crippen LogP) is 4.12. The standard InChI is InChI=1S/C25H30N6O3S/c1-16-14-17(2)28-24(27-16)30-23(26-13-12-18-6-8-19(32-3)9-7-18)31-25(35)29-21-15-20(33-4)10-11-22(21)34-5/h6-11,14-15H,12-13H2,1-5H3,(H3,26,27,28,29,30,31,35). The van der Waals surface area contributed by atoms with Crippen LogP contribution in [0, 0.1) is 13.8 Å². The van der Waals surface area contributed by atoms with E-state index in [1.54, 1.807) is 33.5 Å². The Balaban J connectivity index is 1.76. The first kappa shape index (κ1) is 25.7. The van der Waals surface area contributed by atoms with Crippen molar-refractivity contribution in [3.05, 3.63) is 65.5 Å². The third kappa shape index (κ3) is 7.82. The maximum absolute atomic E-state index is 5.54. The molecular weight excluding hydrogens is 464 g/mol. The molecule has 3 N–H and O–H groups in total. The number of anilines is 2. The molecule has 0 radical (unpaired) electrons. The average Bonchev–Trinajstić information content (AvgIpc) is 2.83. The maximum atomic E-state index is 5.54. The zero-order valence-corrected chi connectivity index (χ0v) is 21.3. The highest BCUT2D eigenvalue weighted by molar-refractivity contribution is 7.80. The summed E-state index contributed by atoms with van der Waals surface area (Å²) in [6, 6.07) is 15.2. The molecule has 0 aliphatic rings. The van der Waals surface area contributed by atoms with Gasteiger partial charge in [0.1, 0.15) is 17.2 Å². The van der Waals surface area contributed by atoms with Crippen LogP contribution in [0.5, 0.6) is 17.2 Å². The molecule has 0 bridgehead atoms. The number of ether oxygens (including phenoxy) is 3. The molecule has 35 heavy (non-hydrogen) atoms. The molecule has 9 nitrogen and oxygen atoms in total. The Kier molecular flexibility index (Phi) is 9.19. The van der Waals surface area contributed by atoms with Crippen LogP contribution in [0.3, 0.4) is 0 Å². The quantitative estimate of drug-likeness (QED) is 0.242. The Morgan fingerprint density at radius 1 is 0.857 bits per heavy atom. The lowest BCUT2D eigenvalue weighted by atomic mass is 10.1. The van der Waals surface area contributed by atoms with Crippen LogP contribution in [-0.2, 0) is 6.42 Å². The lowest BCUT2D eigenvalue weighted by Gasteiger charge is -2.16. The molecule has 0 amide bonds. The van der Waals surface area contributed by atoms with Crippen LogP contribution in [-0.4, -0.2) is 48.9 Å². The molecule has 1 heterocycles. The van der Waals surface area contributed by atoms with Crippen LogP contribution in [0.2, 0.25) is 0 Å². The largest absolute Gasteiger partial charge is 0.497 e. The van der Waals surface area contributed by atoms with Crippen molar-refractivity contribution in [2.75, 3.05) is 38.5 Å². The fourth-order valence-corrected chi connectivity index (χ4v) is 3.47. The van der Waals surface area contributed by atoms with Crippen molar-refractivity contribution in [2.24, 2.45) is 4.99 Å². The molecular formula is C25H30N6O3S. The highest BCUT2D eigenvalue weighted by Crippen LogP contribution is 2.28. The first-order chi connectivity index (χ1) is 16.9. The van der Waals surface area contributed by atoms with Gasteiger partial charge < -0.3 is 24.8 Å². The number of benzene rings is 2. The van der Waals surface area contributed by atoms with E-state index in [0.717, 1.165) is 29.1 Å². The normalized spacial score (nSPS) is 10.9. The Morgan fingerprint density at radius 2 is 1.51 bits per heavy atom. The number of nitrogens with zero attached hydrogens (tertiary/aromatic N) is 3. The summed E-state index contributed by atoms with van der Waals surface area (Å²) in [4.78, 5) is 13.6. The molecule has 10 heteroatoms. The van der Waals surface area contributed by atoms with Gasteiger partial charge in [-0.05, 0) is 68.4 Å². The van der Waals surface area contributed by atoms with Crippen LogP contribution in [0.15, 0.2) is 53.5 Å². The molecule has 0 saturated heterocycles. The first-order valence-electron chi connectivity index (χ1n) is 11.0. The van der Waals surface area contributed by atoms with Gasteiger partial charge in [-0.1, -0.05) is 12.1 Å². The Morgan fingerprint density at radius 3 is 2.14 bits per heavy atom. The fraction of sp³-hybridized carbons (Fsp3) is 0.280. The van der Waals surface area contributed by atoms with Crippen molar-refractivity contribution in [2.45, 2.75) is 20.3 Å². The highest BCUT2D eigenvalue weighted by atomic mass is 32.1. The van der Waals surface area contributed by atoms with Gasteiger partial charge in [0.25, 0.3) is 0 Å². The molecule has 2 aromatic carbocycles. The Hall–Kier alpha value is -3.92. The number of guanidine groups is 1. The number of aromatic nitrogens is 2. The molecule has 0 saturated carbocycles. The van der Waals surface area contributed by atoms with E-state index in [1.807, 2.05) is 50.2 Å². The molecule has 3 rings (SSSR count). The minimum Gasteiger partial charge on any atom is -0.497 e. The number of aliphatic imine (C=N–C) groups is 1. The molecule has 0 aliphatic heterocycles. The summed E-state index contributed by atoms with van der Waals surface area (Å²) < 4.78 is 16.0. The van der Waals surface area contributed by atoms with Gasteiger partial charge in [0.15, 0.2) is 5.11 Å². The fourth-order valence-electron chi connectivity index (χ4n) is 3.26. The summed E-state index contributed by atoms with van der Waals surface area (Å²) >= 11 is 5.54. The predicted molar refractivity (Wildman–Crippen MR) is 143 cm³/mol. The first-order valence-corrected chi connectivity index (χ1v) is 11.4. The van der Waals surface area contributed by atoms with Gasteiger partial charge in [0.2, 0.25) is 11.9 Å². The Bertz CT molecular complexity index is 1160. The molecule has 3 aromatic rings. The summed E-state index contributed by atoms with van der Waals surface area (Å²) in [5, 5.41) is 9.71. The molecule has 0 atom stereocenters. The summed E-state index contributed by atoms with van der Waals surface area (Å²) in [5.41, 5.74) is 3.49. The second-order valence-electron chi connectivity index (χ2n) is 7.57. The maximum Gasteiger partial charge on any atom is 0.229 e. The van der Waals surface area contributed by atoms with Gasteiger partial charge >= 0.3 is 0 Å². The van der Waals surface area contributed by atoms with Crippen LogP contribution < -0.4 is 30.2 Å². The summed E-state index contributed by atoms with van der Waals surface area (Å²) in [5.74, 6) is 2.96. The number of aryl methyl sites for hydroxylation is 2. The van der Waals surface area contributed by atoms with E-state index in [4.69, 9.17) is 26.4 Å². The third-order valence-electron chi connectivity index (χ3n) is 4.93. The number of nitrogens with one attached hydrogen (secondary N) is 3. The summed E-state index contributed by atoms with van der Waals surface area (Å²) in [7, 11) is 4.84. The Labute approximate surface area is 211 Å². The topological polar surface area (TPSA) is 102 Å². The summed E-state index contributed by atoms with van der Waals surface area (Å²) in [6.45, 7) is 4.33. The lowest BCUT2D eigenvalue weighted by molar-refractivity contribution is 0.405. The van der Waals surface area contributed by atoms with Crippen molar-refractivity contribution >= 4 is 34.9 Å². The third-order valence-corrected chi connectivity index (χ3v) is 5.13. The zero-order chi connectivity index (χ0) is 25.2. The van der Waals surface area contributed by atoms with Gasteiger partial charge in [-0.2, -0.15) is 0 Å². The molecule has 0 aliphatic carbocycles. The molecule has 184 valence electrons. The number of hydrogen-bond donors (Lipinski definition) is 3. The smallest absolute Gasteiger partial charge is 0.229 e. The zero-order valence-electron chi connectivity index (χ0n) is 20.5. The lowest BCUT2D eigenvalue weighted by Crippen LogP contribution is -2.39. The number of thiocarbonyl (C=S) groups is 1. The molecule has 0 spiro atoms. The van der Waals surface area contributed by atoms with E-state index in [-0.39, 0.29) is 0 Å². The van der Waals surface area contributed by atoms with E-state index in [1.165, 1.54) is 0 Å². The van der Waals surface area contributed by atoms with E-state index in [2.05, 4.69) is 30.9 Å². The van der Waals surface area contributed by atoms with Gasteiger partial charge in [-0.15, -0.1) is 0 Å². The second kappa shape index (κ2) is 12.5. The molecule has 1 aromatic heterocycles. The van der Waals surface area contributed by atoms with E-state index in [0.29, 0.717) is 40.8 Å². The van der Waals surface area contributed by atoms with Crippen molar-refractivity contribution in [3.63, 3.8) is 0 Å². The summed E-state index contributed by atoms with van der Waals surface area (Å²) in [6.07, 6.45) is 0.731. The van der Waals surface area contributed by atoms with Gasteiger partial charge in [0.05, 0.1) is 27.0 Å². The number of hydrogen-bond acceptors (Lipinski definition) is 7. The minimum absolute atomic E-state index is 0.316. The number of methoxy groups -OCH3 is 3. The van der Waals surface area contributed by atoms with E-state index >= 15 is 0 Å². The van der Waals surface area contributed by atoms with Gasteiger partial charge in [0, 0.05) is 24.0 Å². The monoisotopic (exact) mass is 494 g/mol. The van der Waals surface area contributed by atoms with Crippen molar-refractivity contribution in [3.8, 4) is 17.2 Å². The number of rotatable bonds is 8. The van der Waals surface area contributed by atoms with Crippen molar-refractivity contribution in [1.29, 1.82) is 0 Å². The molecule has 0 unspecified atom stereocenters. The van der Waals surface area contributed by atoms with Crippen LogP contribution >= 0.6 is 12.2 Å². The molecule has 0 fully saturated rings. The van der Waals surface area contributed by atoms with Crippen molar-refractivity contribution in [1.82, 2.24) is 15.3 Å². The van der Waals surface area contributed by atoms with Crippen LogP contribution in [0.1, 0.15) is 17.0 Å². The highest BCUT2D eigenvalue weighted by Gasteiger charge is 2.10. The van der Waals surface area contributed by atoms with Gasteiger partial charge in [-0.3, -0.25) is 10.3 Å². The van der Waals surface area contributed by atoms with Crippen molar-refractivity contribution < 1.29 is 14.2 Å². The average molecular weight is 495 g/mol. The van der Waals surface area contributed by atoms with Crippen LogP contribution in [0.25, 0.3) is 0 Å². The SMILES string of the molecule is COc1ccc(CCN=C(NC(=S)Nc2cc(OC)ccc2OC)Nc2nc(C)cc(C)n2)cc1. The second-order valence-corrected chi connectivity index (χ2v) is 7.98. The van der Waals surface area contributed by atoms with E-state index in [9.17, 15) is 0 Å². The van der Waals surface area contributed by atoms with Gasteiger partial charge in [-0.25, -0.2) is 9.97 Å². The van der Waals surface area contributed by atoms with E-state index < -0.39 is 0 Å². The van der Waals surface area contributed by atoms with Crippen LogP contribution in [0.4, 0.5) is 11.6 Å².